The highest BCUT2D eigenvalue weighted by atomic mass is 16.1. The van der Waals surface area contributed by atoms with Crippen molar-refractivity contribution in [3.05, 3.63) is 24.0 Å². The molecular weight excluding hydrogens is 204 g/mol. The fraction of sp³-hybridized carbons (Fsp3) is 0.364. The zero-order valence-electron chi connectivity index (χ0n) is 9.34. The molecule has 84 valence electrons. The van der Waals surface area contributed by atoms with E-state index in [2.05, 4.69) is 4.98 Å². The number of carbonyl (C=O) groups excluding carboxylic acids is 1. The molecule has 0 radical (unpaired) electrons. The number of amides is 1. The number of aromatic nitrogens is 1. The van der Waals surface area contributed by atoms with E-state index in [9.17, 15) is 4.79 Å². The number of nitriles is 1. The predicted molar refractivity (Wildman–Crippen MR) is 60.6 cm³/mol. The number of nitrogens with zero attached hydrogens (tertiary/aromatic N) is 3. The first kappa shape index (κ1) is 12.0. The second-order valence-electron chi connectivity index (χ2n) is 3.70. The van der Waals surface area contributed by atoms with Crippen molar-refractivity contribution in [2.45, 2.75) is 19.9 Å². The van der Waals surface area contributed by atoms with E-state index in [1.165, 1.54) is 0 Å². The van der Waals surface area contributed by atoms with Gasteiger partial charge in [0.25, 0.3) is 0 Å². The second kappa shape index (κ2) is 5.12. The van der Waals surface area contributed by atoms with Gasteiger partial charge in [-0.05, 0) is 26.0 Å². The largest absolute Gasteiger partial charge is 0.368 e. The van der Waals surface area contributed by atoms with Crippen LogP contribution < -0.4 is 10.6 Å². The molecule has 0 saturated carbocycles. The topological polar surface area (TPSA) is 83.0 Å². The first-order valence-corrected chi connectivity index (χ1v) is 4.95. The standard InChI is InChI=1S/C11H14N4O/c1-8(2)15(7-11(13)16)10-3-4-14-9(5-10)6-12/h3-5,8H,7H2,1-2H3,(H2,13,16). The Bertz CT molecular complexity index is 422. The van der Waals surface area contributed by atoms with Crippen LogP contribution in [0.1, 0.15) is 19.5 Å². The van der Waals surface area contributed by atoms with Gasteiger partial charge in [-0.25, -0.2) is 4.98 Å². The Morgan fingerprint density at radius 2 is 2.38 bits per heavy atom. The summed E-state index contributed by atoms with van der Waals surface area (Å²) in [6.07, 6.45) is 1.55. The van der Waals surface area contributed by atoms with E-state index in [-0.39, 0.29) is 12.6 Å². The van der Waals surface area contributed by atoms with Gasteiger partial charge in [-0.3, -0.25) is 4.79 Å². The number of primary amides is 1. The molecule has 0 spiro atoms. The molecule has 0 fully saturated rings. The summed E-state index contributed by atoms with van der Waals surface area (Å²) in [6, 6.07) is 5.48. The second-order valence-corrected chi connectivity index (χ2v) is 3.70. The quantitative estimate of drug-likeness (QED) is 0.804. The van der Waals surface area contributed by atoms with Gasteiger partial charge in [0, 0.05) is 17.9 Å². The van der Waals surface area contributed by atoms with Crippen LogP contribution in [0.25, 0.3) is 0 Å². The molecule has 0 bridgehead atoms. The smallest absolute Gasteiger partial charge is 0.236 e. The minimum Gasteiger partial charge on any atom is -0.368 e. The molecule has 1 aromatic rings. The molecule has 0 atom stereocenters. The van der Waals surface area contributed by atoms with Crippen LogP contribution in [0.3, 0.4) is 0 Å². The first-order chi connectivity index (χ1) is 7.54. The molecule has 16 heavy (non-hydrogen) atoms. The van der Waals surface area contributed by atoms with Gasteiger partial charge in [0.2, 0.25) is 5.91 Å². The molecule has 0 unspecified atom stereocenters. The molecule has 1 aromatic heterocycles. The van der Waals surface area contributed by atoms with Crippen LogP contribution in [0.5, 0.6) is 0 Å². The molecule has 1 heterocycles. The van der Waals surface area contributed by atoms with Gasteiger partial charge >= 0.3 is 0 Å². The maximum Gasteiger partial charge on any atom is 0.236 e. The van der Waals surface area contributed by atoms with E-state index in [4.69, 9.17) is 11.0 Å². The summed E-state index contributed by atoms with van der Waals surface area (Å²) < 4.78 is 0. The third-order valence-electron chi connectivity index (χ3n) is 2.14. The Kier molecular flexibility index (Phi) is 3.84. The Morgan fingerprint density at radius 3 is 2.88 bits per heavy atom. The van der Waals surface area contributed by atoms with E-state index in [0.29, 0.717) is 5.69 Å². The van der Waals surface area contributed by atoms with Crippen molar-refractivity contribution in [3.8, 4) is 6.07 Å². The summed E-state index contributed by atoms with van der Waals surface area (Å²) in [4.78, 5) is 16.6. The van der Waals surface area contributed by atoms with Crippen molar-refractivity contribution in [1.82, 2.24) is 4.98 Å². The van der Waals surface area contributed by atoms with Crippen LogP contribution in [0.2, 0.25) is 0 Å². The number of anilines is 1. The minimum atomic E-state index is -0.399. The molecule has 2 N–H and O–H groups in total. The van der Waals surface area contributed by atoms with E-state index in [1.54, 1.807) is 18.3 Å². The normalized spacial score (nSPS) is 9.88. The van der Waals surface area contributed by atoms with Gasteiger partial charge in [0.15, 0.2) is 0 Å². The molecule has 0 saturated heterocycles. The number of rotatable bonds is 4. The molecule has 5 nitrogen and oxygen atoms in total. The fourth-order valence-corrected chi connectivity index (χ4v) is 1.40. The van der Waals surface area contributed by atoms with E-state index < -0.39 is 5.91 Å². The first-order valence-electron chi connectivity index (χ1n) is 4.95. The molecular formula is C11H14N4O. The zero-order chi connectivity index (χ0) is 12.1. The molecule has 0 aliphatic carbocycles. The third-order valence-corrected chi connectivity index (χ3v) is 2.14. The Morgan fingerprint density at radius 1 is 1.69 bits per heavy atom. The van der Waals surface area contributed by atoms with Crippen molar-refractivity contribution in [2.24, 2.45) is 5.73 Å². The van der Waals surface area contributed by atoms with Crippen LogP contribution in [-0.2, 0) is 4.79 Å². The molecule has 1 rings (SSSR count). The van der Waals surface area contributed by atoms with E-state index >= 15 is 0 Å². The monoisotopic (exact) mass is 218 g/mol. The lowest BCUT2D eigenvalue weighted by Gasteiger charge is -2.27. The lowest BCUT2D eigenvalue weighted by atomic mass is 10.2. The lowest BCUT2D eigenvalue weighted by molar-refractivity contribution is -0.116. The average molecular weight is 218 g/mol. The summed E-state index contributed by atoms with van der Waals surface area (Å²) in [5, 5.41) is 8.74. The van der Waals surface area contributed by atoms with Gasteiger partial charge in [-0.1, -0.05) is 0 Å². The lowest BCUT2D eigenvalue weighted by Crippen LogP contribution is -2.38. The summed E-state index contributed by atoms with van der Waals surface area (Å²) in [5.74, 6) is -0.399. The molecule has 0 aromatic carbocycles. The van der Waals surface area contributed by atoms with Crippen molar-refractivity contribution in [2.75, 3.05) is 11.4 Å². The number of carbonyl (C=O) groups is 1. The van der Waals surface area contributed by atoms with Crippen LogP contribution in [0.4, 0.5) is 5.69 Å². The summed E-state index contributed by atoms with van der Waals surface area (Å²) in [5.41, 5.74) is 6.28. The van der Waals surface area contributed by atoms with Crippen LogP contribution in [0, 0.1) is 11.3 Å². The highest BCUT2D eigenvalue weighted by Crippen LogP contribution is 2.16. The van der Waals surface area contributed by atoms with E-state index in [0.717, 1.165) is 5.69 Å². The molecule has 1 amide bonds. The number of hydrogen-bond acceptors (Lipinski definition) is 4. The van der Waals surface area contributed by atoms with E-state index in [1.807, 2.05) is 24.8 Å². The van der Waals surface area contributed by atoms with Crippen LogP contribution >= 0.6 is 0 Å². The Hall–Kier alpha value is -2.09. The number of nitrogens with two attached hydrogens (primary N) is 1. The zero-order valence-corrected chi connectivity index (χ0v) is 9.34. The summed E-state index contributed by atoms with van der Waals surface area (Å²) in [6.45, 7) is 4.04. The third kappa shape index (κ3) is 2.95. The van der Waals surface area contributed by atoms with Gasteiger partial charge in [0.05, 0.1) is 6.54 Å². The Balaban J connectivity index is 3.01. The Labute approximate surface area is 94.5 Å². The molecule has 0 aliphatic rings. The SMILES string of the molecule is CC(C)N(CC(N)=O)c1ccnc(C#N)c1. The predicted octanol–water partition coefficient (Wildman–Crippen LogP) is 0.653. The molecule has 5 heteroatoms. The van der Waals surface area contributed by atoms with Gasteiger partial charge in [0.1, 0.15) is 11.8 Å². The highest BCUT2D eigenvalue weighted by molar-refractivity contribution is 5.79. The van der Waals surface area contributed by atoms with Gasteiger partial charge in [-0.2, -0.15) is 5.26 Å². The molecule has 0 aliphatic heterocycles. The van der Waals surface area contributed by atoms with Crippen molar-refractivity contribution < 1.29 is 4.79 Å². The minimum absolute atomic E-state index is 0.126. The summed E-state index contributed by atoms with van der Waals surface area (Å²) >= 11 is 0. The van der Waals surface area contributed by atoms with Crippen LogP contribution in [0.15, 0.2) is 18.3 Å². The van der Waals surface area contributed by atoms with Crippen LogP contribution in [-0.4, -0.2) is 23.5 Å². The van der Waals surface area contributed by atoms with Crippen molar-refractivity contribution in [1.29, 1.82) is 5.26 Å². The van der Waals surface area contributed by atoms with Crippen molar-refractivity contribution >= 4 is 11.6 Å². The average Bonchev–Trinajstić information content (AvgIpc) is 2.25. The summed E-state index contributed by atoms with van der Waals surface area (Å²) in [7, 11) is 0. The highest BCUT2D eigenvalue weighted by Gasteiger charge is 2.13. The van der Waals surface area contributed by atoms with Gasteiger partial charge < -0.3 is 10.6 Å². The van der Waals surface area contributed by atoms with Gasteiger partial charge in [-0.15, -0.1) is 0 Å². The fourth-order valence-electron chi connectivity index (χ4n) is 1.40. The maximum atomic E-state index is 10.9. The number of hydrogen-bond donors (Lipinski definition) is 1. The maximum absolute atomic E-state index is 10.9. The van der Waals surface area contributed by atoms with Crippen molar-refractivity contribution in [3.63, 3.8) is 0 Å². The number of pyridine rings is 1.